The average molecular weight is 375 g/mol. The molecule has 6 nitrogen and oxygen atoms in total. The smallest absolute Gasteiger partial charge is 0.227 e. The molecule has 0 aliphatic heterocycles. The minimum Gasteiger partial charge on any atom is -0.354 e. The van der Waals surface area contributed by atoms with Crippen molar-refractivity contribution in [1.82, 2.24) is 20.2 Å². The molecule has 0 bridgehead atoms. The summed E-state index contributed by atoms with van der Waals surface area (Å²) in [6.45, 7) is 4.90. The number of rotatable bonds is 8. The van der Waals surface area contributed by atoms with Crippen LogP contribution in [0.2, 0.25) is 5.02 Å². The summed E-state index contributed by atoms with van der Waals surface area (Å²) >= 11 is 6.04. The van der Waals surface area contributed by atoms with E-state index < -0.39 is 0 Å². The summed E-state index contributed by atoms with van der Waals surface area (Å²) in [6, 6.07) is 7.40. The minimum absolute atomic E-state index is 0.0309. The first-order valence-corrected chi connectivity index (χ1v) is 8.87. The van der Waals surface area contributed by atoms with E-state index in [1.165, 1.54) is 6.33 Å². The largest absolute Gasteiger partial charge is 0.354 e. The number of nitrogens with one attached hydrogen (secondary N) is 1. The first kappa shape index (κ1) is 19.8. The molecule has 2 aromatic rings. The van der Waals surface area contributed by atoms with Gasteiger partial charge in [0.25, 0.3) is 0 Å². The van der Waals surface area contributed by atoms with E-state index in [9.17, 15) is 9.59 Å². The van der Waals surface area contributed by atoms with Crippen molar-refractivity contribution in [2.45, 2.75) is 26.8 Å². The Morgan fingerprint density at radius 1 is 1.19 bits per heavy atom. The summed E-state index contributed by atoms with van der Waals surface area (Å²) < 4.78 is 0. The van der Waals surface area contributed by atoms with Crippen LogP contribution in [0.5, 0.6) is 0 Å². The highest BCUT2D eigenvalue weighted by Gasteiger charge is 2.16. The quantitative estimate of drug-likeness (QED) is 0.770. The van der Waals surface area contributed by atoms with Crippen LogP contribution in [0.3, 0.4) is 0 Å². The van der Waals surface area contributed by atoms with E-state index in [1.54, 1.807) is 23.4 Å². The molecular formula is C19H23ClN4O2. The molecule has 138 valence electrons. The van der Waals surface area contributed by atoms with Gasteiger partial charge in [-0.2, -0.15) is 0 Å². The van der Waals surface area contributed by atoms with Crippen LogP contribution in [0.25, 0.3) is 0 Å². The van der Waals surface area contributed by atoms with Gasteiger partial charge in [0.2, 0.25) is 11.8 Å². The fraction of sp³-hybridized carbons (Fsp3) is 0.368. The van der Waals surface area contributed by atoms with Crippen molar-refractivity contribution in [1.29, 1.82) is 0 Å². The average Bonchev–Trinajstić information content (AvgIpc) is 2.61. The molecule has 0 aliphatic rings. The standard InChI is InChI=1S/C19H23ClN4O2/c1-14(2)19(26)23-6-7-24(12-15-4-3-5-17(20)8-15)18(25)9-16-10-21-13-22-11-16/h3-5,8,10-11,13-14H,6-7,9,12H2,1-2H3,(H,23,26). The van der Waals surface area contributed by atoms with Crippen molar-refractivity contribution in [3.63, 3.8) is 0 Å². The summed E-state index contributed by atoms with van der Waals surface area (Å²) in [6.07, 6.45) is 4.89. The molecule has 0 radical (unpaired) electrons. The van der Waals surface area contributed by atoms with Gasteiger partial charge in [-0.05, 0) is 23.3 Å². The second-order valence-electron chi connectivity index (χ2n) is 6.31. The topological polar surface area (TPSA) is 75.2 Å². The predicted octanol–water partition coefficient (Wildman–Crippen LogP) is 2.47. The van der Waals surface area contributed by atoms with Gasteiger partial charge in [-0.1, -0.05) is 37.6 Å². The number of nitrogens with zero attached hydrogens (tertiary/aromatic N) is 3. The monoisotopic (exact) mass is 374 g/mol. The van der Waals surface area contributed by atoms with Gasteiger partial charge in [0, 0.05) is 43.0 Å². The highest BCUT2D eigenvalue weighted by molar-refractivity contribution is 6.30. The molecule has 0 unspecified atom stereocenters. The maximum atomic E-state index is 12.7. The van der Waals surface area contributed by atoms with E-state index in [1.807, 2.05) is 32.0 Å². The molecule has 0 saturated carbocycles. The van der Waals surface area contributed by atoms with Crippen molar-refractivity contribution in [2.75, 3.05) is 13.1 Å². The molecule has 2 amide bonds. The molecule has 1 aromatic carbocycles. The van der Waals surface area contributed by atoms with Gasteiger partial charge < -0.3 is 10.2 Å². The third kappa shape index (κ3) is 6.44. The maximum absolute atomic E-state index is 12.7. The minimum atomic E-state index is -0.0893. The molecule has 0 saturated heterocycles. The summed E-state index contributed by atoms with van der Waals surface area (Å²) in [4.78, 5) is 34.1. The van der Waals surface area contributed by atoms with E-state index in [-0.39, 0.29) is 24.2 Å². The first-order valence-electron chi connectivity index (χ1n) is 8.49. The van der Waals surface area contributed by atoms with Crippen LogP contribution in [-0.4, -0.2) is 39.8 Å². The van der Waals surface area contributed by atoms with E-state index in [0.717, 1.165) is 11.1 Å². The molecule has 2 rings (SSSR count). The van der Waals surface area contributed by atoms with Crippen LogP contribution in [0, 0.1) is 5.92 Å². The van der Waals surface area contributed by atoms with Crippen LogP contribution in [0.1, 0.15) is 25.0 Å². The van der Waals surface area contributed by atoms with Gasteiger partial charge in [0.05, 0.1) is 6.42 Å². The zero-order valence-electron chi connectivity index (χ0n) is 15.0. The summed E-state index contributed by atoms with van der Waals surface area (Å²) in [5.74, 6) is -0.177. The first-order chi connectivity index (χ1) is 12.5. The zero-order valence-corrected chi connectivity index (χ0v) is 15.7. The second kappa shape index (κ2) is 9.87. The molecule has 1 N–H and O–H groups in total. The maximum Gasteiger partial charge on any atom is 0.227 e. The third-order valence-electron chi connectivity index (χ3n) is 3.79. The van der Waals surface area contributed by atoms with Crippen molar-refractivity contribution >= 4 is 23.4 Å². The van der Waals surface area contributed by atoms with Gasteiger partial charge >= 0.3 is 0 Å². The Hall–Kier alpha value is -2.47. The lowest BCUT2D eigenvalue weighted by molar-refractivity contribution is -0.131. The molecule has 0 spiro atoms. The van der Waals surface area contributed by atoms with Crippen LogP contribution < -0.4 is 5.32 Å². The normalized spacial score (nSPS) is 10.6. The van der Waals surface area contributed by atoms with Crippen molar-refractivity contribution in [3.05, 3.63) is 59.1 Å². The lowest BCUT2D eigenvalue weighted by atomic mass is 10.1. The SMILES string of the molecule is CC(C)C(=O)NCCN(Cc1cccc(Cl)c1)C(=O)Cc1cncnc1. The van der Waals surface area contributed by atoms with Crippen LogP contribution >= 0.6 is 11.6 Å². The highest BCUT2D eigenvalue weighted by Crippen LogP contribution is 2.13. The summed E-state index contributed by atoms with van der Waals surface area (Å²) in [5, 5.41) is 3.47. The van der Waals surface area contributed by atoms with Crippen molar-refractivity contribution < 1.29 is 9.59 Å². The zero-order chi connectivity index (χ0) is 18.9. The molecule has 0 fully saturated rings. The van der Waals surface area contributed by atoms with Crippen LogP contribution in [0.4, 0.5) is 0 Å². The van der Waals surface area contributed by atoms with Crippen LogP contribution in [-0.2, 0) is 22.6 Å². The van der Waals surface area contributed by atoms with Gasteiger partial charge in [-0.25, -0.2) is 9.97 Å². The number of carbonyl (C=O) groups is 2. The fourth-order valence-electron chi connectivity index (χ4n) is 2.37. The van der Waals surface area contributed by atoms with E-state index >= 15 is 0 Å². The van der Waals surface area contributed by atoms with Gasteiger partial charge in [0.1, 0.15) is 6.33 Å². The Bertz CT molecular complexity index is 737. The molecule has 0 atom stereocenters. The van der Waals surface area contributed by atoms with Gasteiger partial charge in [0.15, 0.2) is 0 Å². The van der Waals surface area contributed by atoms with Crippen LogP contribution in [0.15, 0.2) is 43.0 Å². The van der Waals surface area contributed by atoms with Gasteiger partial charge in [-0.3, -0.25) is 9.59 Å². The molecule has 1 aromatic heterocycles. The third-order valence-corrected chi connectivity index (χ3v) is 4.02. The van der Waals surface area contributed by atoms with E-state index in [2.05, 4.69) is 15.3 Å². The lowest BCUT2D eigenvalue weighted by Crippen LogP contribution is -2.40. The number of aromatic nitrogens is 2. The molecule has 1 heterocycles. The summed E-state index contributed by atoms with van der Waals surface area (Å²) in [7, 11) is 0. The number of carbonyl (C=O) groups excluding carboxylic acids is 2. The van der Waals surface area contributed by atoms with Gasteiger partial charge in [-0.15, -0.1) is 0 Å². The Morgan fingerprint density at radius 2 is 1.92 bits per heavy atom. The van der Waals surface area contributed by atoms with Crippen molar-refractivity contribution in [3.8, 4) is 0 Å². The Kier molecular flexibility index (Phi) is 7.53. The fourth-order valence-corrected chi connectivity index (χ4v) is 2.59. The highest BCUT2D eigenvalue weighted by atomic mass is 35.5. The molecular weight excluding hydrogens is 352 g/mol. The number of benzene rings is 1. The van der Waals surface area contributed by atoms with E-state index in [4.69, 9.17) is 11.6 Å². The number of halogens is 1. The number of hydrogen-bond donors (Lipinski definition) is 1. The predicted molar refractivity (Wildman–Crippen MR) is 100 cm³/mol. The lowest BCUT2D eigenvalue weighted by Gasteiger charge is -2.23. The number of amides is 2. The number of hydrogen-bond acceptors (Lipinski definition) is 4. The van der Waals surface area contributed by atoms with E-state index in [0.29, 0.717) is 24.7 Å². The Morgan fingerprint density at radius 3 is 2.58 bits per heavy atom. The second-order valence-corrected chi connectivity index (χ2v) is 6.75. The molecule has 0 aliphatic carbocycles. The molecule has 26 heavy (non-hydrogen) atoms. The molecule has 7 heteroatoms. The van der Waals surface area contributed by atoms with Crippen molar-refractivity contribution in [2.24, 2.45) is 5.92 Å². The Balaban J connectivity index is 2.04. The summed E-state index contributed by atoms with van der Waals surface area (Å²) in [5.41, 5.74) is 1.69. The Labute approximate surface area is 158 Å².